The minimum Gasteiger partial charge on any atom is -0.354 e. The van der Waals surface area contributed by atoms with Gasteiger partial charge in [0.2, 0.25) is 11.8 Å². The summed E-state index contributed by atoms with van der Waals surface area (Å²) in [5.41, 5.74) is -0.862. The molecule has 100 valence electrons. The molecular formula is C13H21N3O2. The largest absolute Gasteiger partial charge is 0.354 e. The molecule has 0 heterocycles. The third kappa shape index (κ3) is 3.46. The van der Waals surface area contributed by atoms with Crippen molar-refractivity contribution in [3.63, 3.8) is 0 Å². The summed E-state index contributed by atoms with van der Waals surface area (Å²) in [4.78, 5) is 24.9. The molecule has 0 aromatic heterocycles. The number of hydrogen-bond acceptors (Lipinski definition) is 3. The fraction of sp³-hybridized carbons (Fsp3) is 0.769. The molecule has 1 aliphatic carbocycles. The normalized spacial score (nSPS) is 17.6. The summed E-state index contributed by atoms with van der Waals surface area (Å²) in [6.07, 6.45) is 4.50. The quantitative estimate of drug-likeness (QED) is 0.811. The molecule has 0 saturated heterocycles. The Morgan fingerprint density at radius 3 is 2.39 bits per heavy atom. The molecule has 0 aromatic rings. The van der Waals surface area contributed by atoms with Gasteiger partial charge in [-0.15, -0.1) is 0 Å². The second kappa shape index (κ2) is 6.39. The van der Waals surface area contributed by atoms with Crippen LogP contribution in [0.25, 0.3) is 0 Å². The number of nitriles is 1. The molecule has 0 aliphatic heterocycles. The fourth-order valence-corrected chi connectivity index (χ4v) is 2.22. The number of hydrogen-bond donors (Lipinski definition) is 1. The Labute approximate surface area is 108 Å². The molecule has 0 unspecified atom stereocenters. The first-order valence-electron chi connectivity index (χ1n) is 6.41. The van der Waals surface area contributed by atoms with Gasteiger partial charge in [-0.05, 0) is 12.8 Å². The topological polar surface area (TPSA) is 73.2 Å². The summed E-state index contributed by atoms with van der Waals surface area (Å²) in [5, 5.41) is 11.9. The molecule has 0 spiro atoms. The van der Waals surface area contributed by atoms with Crippen molar-refractivity contribution in [2.75, 3.05) is 20.6 Å². The molecule has 0 radical (unpaired) electrons. The van der Waals surface area contributed by atoms with E-state index in [2.05, 4.69) is 11.4 Å². The van der Waals surface area contributed by atoms with E-state index in [1.807, 2.05) is 0 Å². The van der Waals surface area contributed by atoms with Crippen LogP contribution in [0, 0.1) is 16.7 Å². The molecule has 0 bridgehead atoms. The van der Waals surface area contributed by atoms with Crippen LogP contribution in [0.5, 0.6) is 0 Å². The van der Waals surface area contributed by atoms with Crippen LogP contribution in [0.2, 0.25) is 0 Å². The summed E-state index contributed by atoms with van der Waals surface area (Å²) in [7, 11) is 3.37. The van der Waals surface area contributed by atoms with Gasteiger partial charge in [0.25, 0.3) is 0 Å². The average Bonchev–Trinajstić information content (AvgIpc) is 2.39. The molecular weight excluding hydrogens is 230 g/mol. The molecule has 1 saturated carbocycles. The SMILES string of the molecule is CN(C)C(=O)CCNC(=O)C1(C#N)CCCCC1. The Balaban J connectivity index is 2.44. The second-order valence-electron chi connectivity index (χ2n) is 5.05. The molecule has 5 heteroatoms. The lowest BCUT2D eigenvalue weighted by atomic mass is 9.74. The van der Waals surface area contributed by atoms with E-state index in [-0.39, 0.29) is 18.2 Å². The van der Waals surface area contributed by atoms with Crippen LogP contribution in [0.4, 0.5) is 0 Å². The highest BCUT2D eigenvalue weighted by Gasteiger charge is 2.39. The maximum Gasteiger partial charge on any atom is 0.240 e. The summed E-state index contributed by atoms with van der Waals surface area (Å²) in [5.74, 6) is -0.235. The molecule has 1 aliphatic rings. The molecule has 5 nitrogen and oxygen atoms in total. The summed E-state index contributed by atoms with van der Waals surface area (Å²) < 4.78 is 0. The highest BCUT2D eigenvalue weighted by molar-refractivity contribution is 5.86. The highest BCUT2D eigenvalue weighted by atomic mass is 16.2. The number of carbonyl (C=O) groups is 2. The zero-order chi connectivity index (χ0) is 13.6. The fourth-order valence-electron chi connectivity index (χ4n) is 2.22. The summed E-state index contributed by atoms with van der Waals surface area (Å²) in [6, 6.07) is 2.17. The molecule has 1 N–H and O–H groups in total. The van der Waals surface area contributed by atoms with E-state index in [9.17, 15) is 14.9 Å². The molecule has 1 fully saturated rings. The van der Waals surface area contributed by atoms with Crippen LogP contribution in [0.15, 0.2) is 0 Å². The number of nitrogens with zero attached hydrogens (tertiary/aromatic N) is 2. The predicted octanol–water partition coefficient (Wildman–Crippen LogP) is 1.05. The van der Waals surface area contributed by atoms with Gasteiger partial charge in [0.05, 0.1) is 6.07 Å². The third-order valence-electron chi connectivity index (χ3n) is 3.48. The van der Waals surface area contributed by atoms with E-state index in [1.165, 1.54) is 4.90 Å². The monoisotopic (exact) mass is 251 g/mol. The van der Waals surface area contributed by atoms with E-state index in [1.54, 1.807) is 14.1 Å². The highest BCUT2D eigenvalue weighted by Crippen LogP contribution is 2.35. The van der Waals surface area contributed by atoms with Crippen LogP contribution in [-0.2, 0) is 9.59 Å². The minimum atomic E-state index is -0.862. The van der Waals surface area contributed by atoms with Crippen molar-refractivity contribution < 1.29 is 9.59 Å². The Morgan fingerprint density at radius 1 is 1.28 bits per heavy atom. The molecule has 0 atom stereocenters. The van der Waals surface area contributed by atoms with Gasteiger partial charge in [-0.25, -0.2) is 0 Å². The van der Waals surface area contributed by atoms with Crippen LogP contribution in [-0.4, -0.2) is 37.4 Å². The van der Waals surface area contributed by atoms with Gasteiger partial charge in [0, 0.05) is 27.1 Å². The van der Waals surface area contributed by atoms with E-state index in [0.717, 1.165) is 19.3 Å². The van der Waals surface area contributed by atoms with Crippen molar-refractivity contribution in [2.24, 2.45) is 5.41 Å². The van der Waals surface area contributed by atoms with Crippen molar-refractivity contribution in [1.82, 2.24) is 10.2 Å². The van der Waals surface area contributed by atoms with Crippen LogP contribution >= 0.6 is 0 Å². The standard InChI is InChI=1S/C13H21N3O2/c1-16(2)11(17)6-9-15-12(18)13(10-14)7-4-3-5-8-13/h3-9H2,1-2H3,(H,15,18). The van der Waals surface area contributed by atoms with Crippen LogP contribution < -0.4 is 5.32 Å². The van der Waals surface area contributed by atoms with E-state index in [0.29, 0.717) is 19.4 Å². The first-order valence-corrected chi connectivity index (χ1v) is 6.41. The van der Waals surface area contributed by atoms with Crippen molar-refractivity contribution in [2.45, 2.75) is 38.5 Å². The third-order valence-corrected chi connectivity index (χ3v) is 3.48. The minimum absolute atomic E-state index is 0.0232. The Hall–Kier alpha value is -1.57. The van der Waals surface area contributed by atoms with Gasteiger partial charge in [-0.3, -0.25) is 9.59 Å². The number of rotatable bonds is 4. The van der Waals surface area contributed by atoms with Gasteiger partial charge >= 0.3 is 0 Å². The van der Waals surface area contributed by atoms with E-state index < -0.39 is 5.41 Å². The lowest BCUT2D eigenvalue weighted by Crippen LogP contribution is -2.42. The zero-order valence-electron chi connectivity index (χ0n) is 11.2. The number of amides is 2. The molecule has 18 heavy (non-hydrogen) atoms. The van der Waals surface area contributed by atoms with E-state index >= 15 is 0 Å². The van der Waals surface area contributed by atoms with Crippen LogP contribution in [0.3, 0.4) is 0 Å². The van der Waals surface area contributed by atoms with Gasteiger partial charge < -0.3 is 10.2 Å². The molecule has 0 aromatic carbocycles. The van der Waals surface area contributed by atoms with Crippen molar-refractivity contribution in [1.29, 1.82) is 5.26 Å². The number of nitrogens with one attached hydrogen (secondary N) is 1. The van der Waals surface area contributed by atoms with Crippen molar-refractivity contribution in [3.05, 3.63) is 0 Å². The van der Waals surface area contributed by atoms with Crippen molar-refractivity contribution in [3.8, 4) is 6.07 Å². The molecule has 1 rings (SSSR count). The Kier molecular flexibility index (Phi) is 5.14. The van der Waals surface area contributed by atoms with Gasteiger partial charge in [-0.1, -0.05) is 19.3 Å². The smallest absolute Gasteiger partial charge is 0.240 e. The maximum atomic E-state index is 12.0. The lowest BCUT2D eigenvalue weighted by Gasteiger charge is -2.29. The Morgan fingerprint density at radius 2 is 1.89 bits per heavy atom. The second-order valence-corrected chi connectivity index (χ2v) is 5.05. The summed E-state index contributed by atoms with van der Waals surface area (Å²) in [6.45, 7) is 0.305. The maximum absolute atomic E-state index is 12.0. The van der Waals surface area contributed by atoms with Gasteiger partial charge in [0.15, 0.2) is 0 Å². The summed E-state index contributed by atoms with van der Waals surface area (Å²) >= 11 is 0. The van der Waals surface area contributed by atoms with Crippen molar-refractivity contribution >= 4 is 11.8 Å². The zero-order valence-corrected chi connectivity index (χ0v) is 11.2. The molecule has 2 amide bonds. The van der Waals surface area contributed by atoms with Gasteiger partial charge in [0.1, 0.15) is 5.41 Å². The first-order chi connectivity index (χ1) is 8.52. The first kappa shape index (κ1) is 14.5. The average molecular weight is 251 g/mol. The van der Waals surface area contributed by atoms with Crippen LogP contribution in [0.1, 0.15) is 38.5 Å². The van der Waals surface area contributed by atoms with Gasteiger partial charge in [-0.2, -0.15) is 5.26 Å². The lowest BCUT2D eigenvalue weighted by molar-refractivity contribution is -0.130. The van der Waals surface area contributed by atoms with E-state index in [4.69, 9.17) is 0 Å². The predicted molar refractivity (Wildman–Crippen MR) is 67.5 cm³/mol. The number of carbonyl (C=O) groups excluding carboxylic acids is 2. The Bertz CT molecular complexity index is 352.